The lowest BCUT2D eigenvalue weighted by Crippen LogP contribution is -2.37. The number of carbonyl (C=O) groups is 1. The second kappa shape index (κ2) is 7.19. The summed E-state index contributed by atoms with van der Waals surface area (Å²) in [5.41, 5.74) is 0.500. The maximum atomic E-state index is 11.8. The largest absolute Gasteiger partial charge is 0.350 e. The molecule has 0 aliphatic carbocycles. The minimum Gasteiger partial charge on any atom is -0.350 e. The first kappa shape index (κ1) is 15.6. The van der Waals surface area contributed by atoms with Crippen LogP contribution in [0.5, 0.6) is 0 Å². The SMILES string of the molecule is Cl.O=C(NCC1CCCN1)c1cc(Cl)cc(Cl)c1. The van der Waals surface area contributed by atoms with Crippen molar-refractivity contribution in [3.05, 3.63) is 33.8 Å². The molecule has 1 amide bonds. The molecule has 1 aromatic rings. The third-order valence-electron chi connectivity index (χ3n) is 2.80. The van der Waals surface area contributed by atoms with E-state index in [1.165, 1.54) is 6.42 Å². The molecule has 2 N–H and O–H groups in total. The van der Waals surface area contributed by atoms with Gasteiger partial charge in [0.15, 0.2) is 0 Å². The number of nitrogens with one attached hydrogen (secondary N) is 2. The van der Waals surface area contributed by atoms with Gasteiger partial charge in [-0.2, -0.15) is 0 Å². The van der Waals surface area contributed by atoms with Crippen LogP contribution in [-0.4, -0.2) is 25.0 Å². The van der Waals surface area contributed by atoms with Gasteiger partial charge in [-0.05, 0) is 37.6 Å². The van der Waals surface area contributed by atoms with E-state index in [-0.39, 0.29) is 18.3 Å². The highest BCUT2D eigenvalue weighted by atomic mass is 35.5. The van der Waals surface area contributed by atoms with Crippen molar-refractivity contribution in [1.29, 1.82) is 0 Å². The van der Waals surface area contributed by atoms with Gasteiger partial charge in [0.1, 0.15) is 0 Å². The normalized spacial score (nSPS) is 18.2. The lowest BCUT2D eigenvalue weighted by molar-refractivity contribution is 0.0950. The highest BCUT2D eigenvalue weighted by molar-refractivity contribution is 6.35. The minimum absolute atomic E-state index is 0. The smallest absolute Gasteiger partial charge is 0.251 e. The number of hydrogen-bond acceptors (Lipinski definition) is 2. The van der Waals surface area contributed by atoms with Gasteiger partial charge in [-0.25, -0.2) is 0 Å². The predicted octanol–water partition coefficient (Wildman–Crippen LogP) is 2.90. The quantitative estimate of drug-likeness (QED) is 0.901. The topological polar surface area (TPSA) is 41.1 Å². The first-order valence-electron chi connectivity index (χ1n) is 5.63. The Kier molecular flexibility index (Phi) is 6.22. The number of amides is 1. The van der Waals surface area contributed by atoms with Gasteiger partial charge in [0, 0.05) is 28.2 Å². The summed E-state index contributed by atoms with van der Waals surface area (Å²) in [7, 11) is 0. The van der Waals surface area contributed by atoms with Gasteiger partial charge in [0.2, 0.25) is 0 Å². The average Bonchev–Trinajstić information content (AvgIpc) is 2.77. The van der Waals surface area contributed by atoms with E-state index in [0.717, 1.165) is 13.0 Å². The number of carbonyl (C=O) groups excluding carboxylic acids is 1. The Balaban J connectivity index is 0.00000162. The zero-order valence-corrected chi connectivity index (χ0v) is 12.0. The Morgan fingerprint density at radius 2 is 2.00 bits per heavy atom. The third kappa shape index (κ3) is 4.32. The molecule has 3 nitrogen and oxygen atoms in total. The Morgan fingerprint density at radius 3 is 2.56 bits per heavy atom. The van der Waals surface area contributed by atoms with E-state index in [1.807, 2.05) is 0 Å². The van der Waals surface area contributed by atoms with Crippen LogP contribution in [-0.2, 0) is 0 Å². The average molecular weight is 310 g/mol. The van der Waals surface area contributed by atoms with Gasteiger partial charge in [-0.1, -0.05) is 23.2 Å². The fourth-order valence-electron chi connectivity index (χ4n) is 1.93. The molecule has 0 aromatic heterocycles. The molecule has 1 aromatic carbocycles. The van der Waals surface area contributed by atoms with Crippen LogP contribution in [0.4, 0.5) is 0 Å². The van der Waals surface area contributed by atoms with Gasteiger partial charge >= 0.3 is 0 Å². The maximum Gasteiger partial charge on any atom is 0.251 e. The summed E-state index contributed by atoms with van der Waals surface area (Å²) < 4.78 is 0. The predicted molar refractivity (Wildman–Crippen MR) is 77.1 cm³/mol. The fourth-order valence-corrected chi connectivity index (χ4v) is 2.46. The highest BCUT2D eigenvalue weighted by Crippen LogP contribution is 2.18. The monoisotopic (exact) mass is 308 g/mol. The standard InChI is InChI=1S/C12H14Cl2N2O.ClH/c13-9-4-8(5-10(14)6-9)12(17)16-7-11-2-1-3-15-11;/h4-6,11,15H,1-3,7H2,(H,16,17);1H. The van der Waals surface area contributed by atoms with E-state index in [9.17, 15) is 4.79 Å². The molecule has 1 aliphatic heterocycles. The summed E-state index contributed by atoms with van der Waals surface area (Å²) >= 11 is 11.7. The Labute approximate surface area is 123 Å². The molecule has 1 heterocycles. The molecule has 1 saturated heterocycles. The fraction of sp³-hybridized carbons (Fsp3) is 0.417. The maximum absolute atomic E-state index is 11.8. The molecule has 2 rings (SSSR count). The van der Waals surface area contributed by atoms with E-state index < -0.39 is 0 Å². The number of benzene rings is 1. The minimum atomic E-state index is -0.136. The molecule has 6 heteroatoms. The van der Waals surface area contributed by atoms with Crippen LogP contribution >= 0.6 is 35.6 Å². The van der Waals surface area contributed by atoms with E-state index >= 15 is 0 Å². The van der Waals surface area contributed by atoms with Gasteiger partial charge < -0.3 is 10.6 Å². The molecular formula is C12H15Cl3N2O. The number of hydrogen-bond donors (Lipinski definition) is 2. The summed E-state index contributed by atoms with van der Waals surface area (Å²) in [6, 6.07) is 5.22. The zero-order valence-electron chi connectivity index (χ0n) is 9.71. The van der Waals surface area contributed by atoms with Gasteiger partial charge in [-0.3, -0.25) is 4.79 Å². The molecule has 0 spiro atoms. The molecule has 18 heavy (non-hydrogen) atoms. The third-order valence-corrected chi connectivity index (χ3v) is 3.23. The molecule has 1 unspecified atom stereocenters. The van der Waals surface area contributed by atoms with Crippen LogP contribution in [0.3, 0.4) is 0 Å². The Morgan fingerprint density at radius 1 is 1.33 bits per heavy atom. The van der Waals surface area contributed by atoms with Gasteiger partial charge in [0.05, 0.1) is 0 Å². The van der Waals surface area contributed by atoms with Crippen LogP contribution in [0, 0.1) is 0 Å². The second-order valence-corrected chi connectivity index (χ2v) is 5.03. The Hall–Kier alpha value is -0.480. The summed E-state index contributed by atoms with van der Waals surface area (Å²) in [6.07, 6.45) is 2.28. The van der Waals surface area contributed by atoms with Crippen molar-refractivity contribution in [1.82, 2.24) is 10.6 Å². The van der Waals surface area contributed by atoms with Crippen molar-refractivity contribution < 1.29 is 4.79 Å². The van der Waals surface area contributed by atoms with Crippen molar-refractivity contribution >= 4 is 41.5 Å². The molecule has 1 atom stereocenters. The second-order valence-electron chi connectivity index (χ2n) is 4.16. The van der Waals surface area contributed by atoms with E-state index in [2.05, 4.69) is 10.6 Å². The highest BCUT2D eigenvalue weighted by Gasteiger charge is 2.15. The number of rotatable bonds is 3. The lowest BCUT2D eigenvalue weighted by atomic mass is 10.2. The molecule has 0 saturated carbocycles. The van der Waals surface area contributed by atoms with Crippen LogP contribution in [0.25, 0.3) is 0 Å². The van der Waals surface area contributed by atoms with E-state index in [4.69, 9.17) is 23.2 Å². The molecular weight excluding hydrogens is 295 g/mol. The van der Waals surface area contributed by atoms with E-state index in [0.29, 0.717) is 28.2 Å². The van der Waals surface area contributed by atoms with Crippen LogP contribution in [0.1, 0.15) is 23.2 Å². The number of halogens is 3. The van der Waals surface area contributed by atoms with Crippen molar-refractivity contribution in [3.8, 4) is 0 Å². The first-order valence-corrected chi connectivity index (χ1v) is 6.38. The summed E-state index contributed by atoms with van der Waals surface area (Å²) in [5, 5.41) is 7.14. The summed E-state index contributed by atoms with van der Waals surface area (Å²) in [6.45, 7) is 1.67. The lowest BCUT2D eigenvalue weighted by Gasteiger charge is -2.11. The van der Waals surface area contributed by atoms with Crippen LogP contribution in [0.2, 0.25) is 10.0 Å². The zero-order chi connectivity index (χ0) is 12.3. The first-order chi connectivity index (χ1) is 8.15. The van der Waals surface area contributed by atoms with Gasteiger partial charge in [-0.15, -0.1) is 12.4 Å². The van der Waals surface area contributed by atoms with Crippen LogP contribution < -0.4 is 10.6 Å². The Bertz CT molecular complexity index is 400. The molecule has 0 bridgehead atoms. The van der Waals surface area contributed by atoms with Crippen LogP contribution in [0.15, 0.2) is 18.2 Å². The van der Waals surface area contributed by atoms with Crippen molar-refractivity contribution in [3.63, 3.8) is 0 Å². The van der Waals surface area contributed by atoms with Gasteiger partial charge in [0.25, 0.3) is 5.91 Å². The summed E-state index contributed by atoms with van der Waals surface area (Å²) in [4.78, 5) is 11.8. The van der Waals surface area contributed by atoms with Crippen molar-refractivity contribution in [2.75, 3.05) is 13.1 Å². The van der Waals surface area contributed by atoms with Crippen molar-refractivity contribution in [2.45, 2.75) is 18.9 Å². The van der Waals surface area contributed by atoms with Crippen molar-refractivity contribution in [2.24, 2.45) is 0 Å². The van der Waals surface area contributed by atoms with E-state index in [1.54, 1.807) is 18.2 Å². The molecule has 1 fully saturated rings. The summed E-state index contributed by atoms with van der Waals surface area (Å²) in [5.74, 6) is -0.136. The molecule has 100 valence electrons. The molecule has 1 aliphatic rings. The molecule has 0 radical (unpaired) electrons.